The second kappa shape index (κ2) is 8.99. The highest BCUT2D eigenvalue weighted by Gasteiger charge is 2.10. The van der Waals surface area contributed by atoms with Gasteiger partial charge < -0.3 is 10.4 Å². The third-order valence-corrected chi connectivity index (χ3v) is 4.20. The molecule has 3 aromatic heterocycles. The minimum Gasteiger partial charge on any atom is -0.465 e. The van der Waals surface area contributed by atoms with Gasteiger partial charge in [-0.25, -0.2) is 19.3 Å². The molecule has 1 aliphatic carbocycles. The van der Waals surface area contributed by atoms with Crippen LogP contribution in [-0.4, -0.2) is 35.8 Å². The van der Waals surface area contributed by atoms with E-state index in [1.807, 2.05) is 36.4 Å². The Balaban J connectivity index is 0.000000667. The second-order valence-electron chi connectivity index (χ2n) is 6.73. The summed E-state index contributed by atoms with van der Waals surface area (Å²) in [5.74, 6) is 0.617. The molecule has 0 unspecified atom stereocenters. The van der Waals surface area contributed by atoms with Gasteiger partial charge in [-0.3, -0.25) is 5.32 Å². The first kappa shape index (κ1) is 19.3. The maximum absolute atomic E-state index is 10.8. The van der Waals surface area contributed by atoms with E-state index < -0.39 is 6.09 Å². The standard InChI is InChI=1S/C18H15N7O2.C3H6/c26-18(27)23-17-22-15-4-1-3-14(25(15)24-17)13-7-5-12(6-8-13)11-21-16-19-9-2-10-20-16;1-2-3-1/h1-10H,11H2,(H,23,24)(H,26,27)(H,19,20,21);1-3H2. The van der Waals surface area contributed by atoms with Crippen LogP contribution in [0.1, 0.15) is 24.8 Å². The fourth-order valence-corrected chi connectivity index (χ4v) is 2.64. The molecule has 3 heterocycles. The Kier molecular flexibility index (Phi) is 5.79. The molecule has 0 spiro atoms. The average Bonchev–Trinajstić information content (AvgIpc) is 3.59. The number of hydrogen-bond acceptors (Lipinski definition) is 6. The van der Waals surface area contributed by atoms with Crippen LogP contribution in [0.15, 0.2) is 60.9 Å². The first-order chi connectivity index (χ1) is 14.7. The van der Waals surface area contributed by atoms with Crippen LogP contribution in [0.25, 0.3) is 16.9 Å². The lowest BCUT2D eigenvalue weighted by Gasteiger charge is -2.07. The number of carbonyl (C=O) groups is 1. The molecule has 30 heavy (non-hydrogen) atoms. The van der Waals surface area contributed by atoms with Crippen LogP contribution in [0.3, 0.4) is 0 Å². The van der Waals surface area contributed by atoms with Gasteiger partial charge in [0.25, 0.3) is 5.95 Å². The number of pyridine rings is 1. The van der Waals surface area contributed by atoms with Crippen LogP contribution in [0.5, 0.6) is 0 Å². The summed E-state index contributed by atoms with van der Waals surface area (Å²) in [7, 11) is 0. The lowest BCUT2D eigenvalue weighted by Crippen LogP contribution is -2.08. The van der Waals surface area contributed by atoms with Gasteiger partial charge in [0.05, 0.1) is 5.69 Å². The van der Waals surface area contributed by atoms with E-state index in [4.69, 9.17) is 5.11 Å². The van der Waals surface area contributed by atoms with Crippen molar-refractivity contribution in [2.24, 2.45) is 0 Å². The molecule has 3 N–H and O–H groups in total. The molecule has 152 valence electrons. The molecule has 9 heteroatoms. The fourth-order valence-electron chi connectivity index (χ4n) is 2.64. The first-order valence-electron chi connectivity index (χ1n) is 9.65. The van der Waals surface area contributed by atoms with Crippen LogP contribution in [0, 0.1) is 0 Å². The Morgan fingerprint density at radius 1 is 0.967 bits per heavy atom. The fraction of sp³-hybridized carbons (Fsp3) is 0.190. The zero-order valence-electron chi connectivity index (χ0n) is 16.2. The molecule has 1 fully saturated rings. The number of carboxylic acid groups (broad SMARTS) is 1. The Morgan fingerprint density at radius 3 is 2.37 bits per heavy atom. The van der Waals surface area contributed by atoms with Crippen LogP contribution in [-0.2, 0) is 6.54 Å². The number of nitrogens with zero attached hydrogens (tertiary/aromatic N) is 5. The van der Waals surface area contributed by atoms with Crippen LogP contribution < -0.4 is 10.6 Å². The van der Waals surface area contributed by atoms with E-state index in [0.717, 1.165) is 16.8 Å². The molecule has 0 bridgehead atoms. The van der Waals surface area contributed by atoms with Gasteiger partial charge in [-0.05, 0) is 23.8 Å². The molecular weight excluding hydrogens is 382 g/mol. The molecule has 0 radical (unpaired) electrons. The summed E-state index contributed by atoms with van der Waals surface area (Å²) in [5, 5.41) is 18.4. The first-order valence-corrected chi connectivity index (χ1v) is 9.65. The Hall–Kier alpha value is -4.01. The predicted molar refractivity (Wildman–Crippen MR) is 113 cm³/mol. The van der Waals surface area contributed by atoms with Gasteiger partial charge in [-0.15, -0.1) is 5.10 Å². The highest BCUT2D eigenvalue weighted by molar-refractivity contribution is 5.80. The van der Waals surface area contributed by atoms with Crippen molar-refractivity contribution in [2.75, 3.05) is 10.6 Å². The normalized spacial score (nSPS) is 12.0. The molecule has 1 saturated carbocycles. The third-order valence-electron chi connectivity index (χ3n) is 4.20. The topological polar surface area (TPSA) is 117 Å². The average molecular weight is 403 g/mol. The molecule has 1 amide bonds. The number of anilines is 2. The largest absolute Gasteiger partial charge is 0.465 e. The summed E-state index contributed by atoms with van der Waals surface area (Å²) in [5.41, 5.74) is 3.38. The molecule has 4 aromatic rings. The quantitative estimate of drug-likeness (QED) is 0.460. The van der Waals surface area contributed by atoms with E-state index in [-0.39, 0.29) is 5.95 Å². The zero-order valence-corrected chi connectivity index (χ0v) is 16.2. The van der Waals surface area contributed by atoms with Gasteiger partial charge in [-0.1, -0.05) is 49.6 Å². The van der Waals surface area contributed by atoms with Crippen molar-refractivity contribution in [2.45, 2.75) is 25.8 Å². The van der Waals surface area contributed by atoms with Crippen LogP contribution in [0.2, 0.25) is 0 Å². The van der Waals surface area contributed by atoms with E-state index in [9.17, 15) is 4.79 Å². The number of rotatable bonds is 5. The zero-order chi connectivity index (χ0) is 20.8. The number of hydrogen-bond donors (Lipinski definition) is 3. The van der Waals surface area contributed by atoms with E-state index in [2.05, 4.69) is 30.7 Å². The number of nitrogens with one attached hydrogen (secondary N) is 2. The van der Waals surface area contributed by atoms with Gasteiger partial charge in [-0.2, -0.15) is 4.98 Å². The van der Waals surface area contributed by atoms with Crippen molar-refractivity contribution in [1.82, 2.24) is 24.6 Å². The Bertz CT molecular complexity index is 1120. The van der Waals surface area contributed by atoms with Crippen molar-refractivity contribution in [3.63, 3.8) is 0 Å². The lowest BCUT2D eigenvalue weighted by atomic mass is 10.1. The van der Waals surface area contributed by atoms with Gasteiger partial charge >= 0.3 is 6.09 Å². The summed E-state index contributed by atoms with van der Waals surface area (Å²) in [6.45, 7) is 0.602. The van der Waals surface area contributed by atoms with Gasteiger partial charge in [0, 0.05) is 24.5 Å². The molecule has 9 nitrogen and oxygen atoms in total. The molecule has 5 rings (SSSR count). The lowest BCUT2D eigenvalue weighted by molar-refractivity contribution is 0.209. The summed E-state index contributed by atoms with van der Waals surface area (Å²) in [4.78, 5) is 23.2. The summed E-state index contributed by atoms with van der Waals surface area (Å²) in [6.07, 6.45) is 6.67. The van der Waals surface area contributed by atoms with Crippen molar-refractivity contribution < 1.29 is 9.90 Å². The highest BCUT2D eigenvalue weighted by Crippen LogP contribution is 2.21. The van der Waals surface area contributed by atoms with Gasteiger partial charge in [0.2, 0.25) is 5.95 Å². The molecule has 0 atom stereocenters. The Morgan fingerprint density at radius 2 is 1.70 bits per heavy atom. The smallest absolute Gasteiger partial charge is 0.411 e. The summed E-state index contributed by atoms with van der Waals surface area (Å²) >= 11 is 0. The second-order valence-corrected chi connectivity index (χ2v) is 6.73. The van der Waals surface area contributed by atoms with Gasteiger partial charge in [0.15, 0.2) is 5.65 Å². The minimum atomic E-state index is -1.20. The molecule has 0 saturated heterocycles. The van der Waals surface area contributed by atoms with Crippen LogP contribution >= 0.6 is 0 Å². The number of benzene rings is 1. The number of aromatic nitrogens is 5. The molecular formula is C21H21N7O2. The van der Waals surface area contributed by atoms with Crippen molar-refractivity contribution in [3.8, 4) is 11.3 Å². The summed E-state index contributed by atoms with van der Waals surface area (Å²) in [6, 6.07) is 15.2. The third kappa shape index (κ3) is 5.07. The van der Waals surface area contributed by atoms with Gasteiger partial charge in [0.1, 0.15) is 0 Å². The van der Waals surface area contributed by atoms with Crippen LogP contribution in [0.4, 0.5) is 16.7 Å². The van der Waals surface area contributed by atoms with E-state index in [0.29, 0.717) is 18.1 Å². The maximum atomic E-state index is 10.8. The van der Waals surface area contributed by atoms with E-state index in [1.54, 1.807) is 29.0 Å². The molecule has 0 aliphatic heterocycles. The molecule has 1 aliphatic rings. The van der Waals surface area contributed by atoms with E-state index >= 15 is 0 Å². The predicted octanol–water partition coefficient (Wildman–Crippen LogP) is 4.06. The highest BCUT2D eigenvalue weighted by atomic mass is 16.4. The molecule has 1 aromatic carbocycles. The maximum Gasteiger partial charge on any atom is 0.411 e. The number of amides is 1. The Labute approximate surface area is 172 Å². The summed E-state index contributed by atoms with van der Waals surface area (Å²) < 4.78 is 1.61. The number of fused-ring (bicyclic) bond motifs is 1. The van der Waals surface area contributed by atoms with E-state index in [1.165, 1.54) is 19.3 Å². The monoisotopic (exact) mass is 403 g/mol. The SMILES string of the molecule is C1CC1.O=C(O)Nc1nc2cccc(-c3ccc(CNc4ncccn4)cc3)n2n1. The van der Waals surface area contributed by atoms with Crippen molar-refractivity contribution >= 4 is 23.6 Å². The van der Waals surface area contributed by atoms with Crippen molar-refractivity contribution in [1.29, 1.82) is 0 Å². The van der Waals surface area contributed by atoms with Crippen molar-refractivity contribution in [3.05, 3.63) is 66.5 Å². The minimum absolute atomic E-state index is 0.0404.